The Balaban J connectivity index is 2.40. The topological polar surface area (TPSA) is 76.0 Å². The van der Waals surface area contributed by atoms with Crippen molar-refractivity contribution in [2.45, 2.75) is 11.4 Å². The first-order valence-electron chi connectivity index (χ1n) is 5.97. The van der Waals surface area contributed by atoms with E-state index in [1.165, 1.54) is 23.1 Å². The van der Waals surface area contributed by atoms with Crippen molar-refractivity contribution >= 4 is 27.3 Å². The monoisotopic (exact) mass is 332 g/mol. The molecule has 6 nitrogen and oxygen atoms in total. The van der Waals surface area contributed by atoms with Gasteiger partial charge in [-0.25, -0.2) is 12.8 Å². The SMILES string of the molecule is CNCc1cc(S(=O)(=O)Nc2cnn(C)c2)cc(F)c1Cl. The summed E-state index contributed by atoms with van der Waals surface area (Å²) in [6.45, 7) is 0.256. The molecule has 1 aromatic heterocycles. The third-order valence-corrected chi connectivity index (χ3v) is 4.50. The molecular weight excluding hydrogens is 319 g/mol. The highest BCUT2D eigenvalue weighted by Gasteiger charge is 2.19. The van der Waals surface area contributed by atoms with E-state index in [1.807, 2.05) is 0 Å². The van der Waals surface area contributed by atoms with Gasteiger partial charge in [0.15, 0.2) is 0 Å². The van der Waals surface area contributed by atoms with E-state index >= 15 is 0 Å². The summed E-state index contributed by atoms with van der Waals surface area (Å²) in [4.78, 5) is -0.196. The molecule has 2 N–H and O–H groups in total. The van der Waals surface area contributed by atoms with E-state index in [9.17, 15) is 12.8 Å². The van der Waals surface area contributed by atoms with Crippen molar-refractivity contribution in [1.82, 2.24) is 15.1 Å². The van der Waals surface area contributed by atoms with Crippen molar-refractivity contribution in [3.05, 3.63) is 40.9 Å². The van der Waals surface area contributed by atoms with Crippen LogP contribution in [0.15, 0.2) is 29.4 Å². The van der Waals surface area contributed by atoms with E-state index in [2.05, 4.69) is 15.1 Å². The van der Waals surface area contributed by atoms with Crippen molar-refractivity contribution in [1.29, 1.82) is 0 Å². The maximum atomic E-state index is 13.8. The normalized spacial score (nSPS) is 11.6. The van der Waals surface area contributed by atoms with Crippen LogP contribution in [0.2, 0.25) is 5.02 Å². The molecule has 0 unspecified atom stereocenters. The fourth-order valence-corrected chi connectivity index (χ4v) is 3.05. The standard InChI is InChI=1S/C12H14ClFN4O2S/c1-15-5-8-3-10(4-11(14)12(8)13)21(19,20)17-9-6-16-18(2)7-9/h3-4,6-7,15,17H,5H2,1-2H3. The number of aryl methyl sites for hydroxylation is 1. The van der Waals surface area contributed by atoms with E-state index in [0.29, 0.717) is 11.3 Å². The van der Waals surface area contributed by atoms with Crippen molar-refractivity contribution in [3.8, 4) is 0 Å². The highest BCUT2D eigenvalue weighted by Crippen LogP contribution is 2.25. The van der Waals surface area contributed by atoms with E-state index < -0.39 is 15.8 Å². The molecule has 0 aliphatic carbocycles. The summed E-state index contributed by atoms with van der Waals surface area (Å²) < 4.78 is 42.1. The fraction of sp³-hybridized carbons (Fsp3) is 0.250. The second-order valence-corrected chi connectivity index (χ2v) is 6.48. The summed E-state index contributed by atoms with van der Waals surface area (Å²) in [6, 6.07) is 2.22. The first kappa shape index (κ1) is 15.7. The van der Waals surface area contributed by atoms with Gasteiger partial charge in [0.2, 0.25) is 0 Å². The van der Waals surface area contributed by atoms with Gasteiger partial charge >= 0.3 is 0 Å². The largest absolute Gasteiger partial charge is 0.316 e. The first-order chi connectivity index (χ1) is 9.83. The number of aromatic nitrogens is 2. The van der Waals surface area contributed by atoms with Crippen LogP contribution in [0.3, 0.4) is 0 Å². The first-order valence-corrected chi connectivity index (χ1v) is 7.83. The minimum absolute atomic E-state index is 0.0929. The Morgan fingerprint density at radius 3 is 2.71 bits per heavy atom. The molecule has 21 heavy (non-hydrogen) atoms. The molecule has 9 heteroatoms. The number of halogens is 2. The Morgan fingerprint density at radius 2 is 2.14 bits per heavy atom. The van der Waals surface area contributed by atoms with Gasteiger partial charge in [-0.15, -0.1) is 0 Å². The smallest absolute Gasteiger partial charge is 0.262 e. The lowest BCUT2D eigenvalue weighted by Crippen LogP contribution is -2.14. The summed E-state index contributed by atoms with van der Waals surface area (Å²) in [7, 11) is -0.596. The molecule has 0 saturated carbocycles. The summed E-state index contributed by atoms with van der Waals surface area (Å²) >= 11 is 5.81. The highest BCUT2D eigenvalue weighted by molar-refractivity contribution is 7.92. The van der Waals surface area contributed by atoms with Gasteiger partial charge < -0.3 is 5.32 Å². The minimum Gasteiger partial charge on any atom is -0.316 e. The fourth-order valence-electron chi connectivity index (χ4n) is 1.78. The molecule has 0 atom stereocenters. The lowest BCUT2D eigenvalue weighted by Gasteiger charge is -2.10. The molecule has 1 aromatic carbocycles. The van der Waals surface area contributed by atoms with Crippen LogP contribution in [0.4, 0.5) is 10.1 Å². The van der Waals surface area contributed by atoms with Crippen molar-refractivity contribution in [3.63, 3.8) is 0 Å². The Hall–Kier alpha value is -1.64. The van der Waals surface area contributed by atoms with Crippen LogP contribution >= 0.6 is 11.6 Å². The zero-order valence-corrected chi connectivity index (χ0v) is 13.0. The molecule has 2 aromatic rings. The lowest BCUT2D eigenvalue weighted by atomic mass is 10.2. The Bertz CT molecular complexity index is 761. The van der Waals surface area contributed by atoms with Gasteiger partial charge in [0, 0.05) is 19.8 Å². The molecule has 2 rings (SSSR count). The summed E-state index contributed by atoms with van der Waals surface area (Å²) in [5.74, 6) is -0.782. The molecule has 0 bridgehead atoms. The number of anilines is 1. The van der Waals surface area contributed by atoms with Crippen LogP contribution in [0, 0.1) is 5.82 Å². The number of hydrogen-bond acceptors (Lipinski definition) is 4. The van der Waals surface area contributed by atoms with Gasteiger partial charge in [0.25, 0.3) is 10.0 Å². The van der Waals surface area contributed by atoms with Crippen LogP contribution in [-0.2, 0) is 23.6 Å². The zero-order valence-electron chi connectivity index (χ0n) is 11.4. The van der Waals surface area contributed by atoms with E-state index in [1.54, 1.807) is 14.1 Å². The molecule has 0 saturated heterocycles. The highest BCUT2D eigenvalue weighted by atomic mass is 35.5. The molecule has 0 aliphatic rings. The Labute approximate surface area is 127 Å². The van der Waals surface area contributed by atoms with Gasteiger partial charge in [-0.1, -0.05) is 11.6 Å². The maximum absolute atomic E-state index is 13.8. The average Bonchev–Trinajstić information content (AvgIpc) is 2.79. The van der Waals surface area contributed by atoms with Gasteiger partial charge in [-0.2, -0.15) is 5.10 Å². The molecule has 0 amide bonds. The third-order valence-electron chi connectivity index (χ3n) is 2.71. The lowest BCUT2D eigenvalue weighted by molar-refractivity contribution is 0.594. The number of nitrogens with one attached hydrogen (secondary N) is 2. The van der Waals surface area contributed by atoms with E-state index in [4.69, 9.17) is 11.6 Å². The predicted molar refractivity (Wildman–Crippen MR) is 78.2 cm³/mol. The van der Waals surface area contributed by atoms with Gasteiger partial charge in [-0.05, 0) is 24.7 Å². The number of sulfonamides is 1. The summed E-state index contributed by atoms with van der Waals surface area (Å²) in [5.41, 5.74) is 0.661. The summed E-state index contributed by atoms with van der Waals surface area (Å²) in [5, 5.41) is 6.57. The van der Waals surface area contributed by atoms with Crippen molar-refractivity contribution in [2.24, 2.45) is 7.05 Å². The van der Waals surface area contributed by atoms with Crippen LogP contribution < -0.4 is 10.0 Å². The second-order valence-electron chi connectivity index (χ2n) is 4.42. The number of benzene rings is 1. The van der Waals surface area contributed by atoms with E-state index in [-0.39, 0.29) is 16.5 Å². The van der Waals surface area contributed by atoms with Crippen LogP contribution in [-0.4, -0.2) is 25.2 Å². The van der Waals surface area contributed by atoms with Crippen LogP contribution in [0.1, 0.15) is 5.56 Å². The Kier molecular flexibility index (Phi) is 4.50. The third kappa shape index (κ3) is 3.52. The van der Waals surface area contributed by atoms with Crippen LogP contribution in [0.5, 0.6) is 0 Å². The zero-order chi connectivity index (χ0) is 15.6. The molecular formula is C12H14ClFN4O2S. The molecule has 114 valence electrons. The van der Waals surface area contributed by atoms with Gasteiger partial charge in [-0.3, -0.25) is 9.40 Å². The quantitative estimate of drug-likeness (QED) is 0.874. The van der Waals surface area contributed by atoms with Crippen molar-refractivity contribution < 1.29 is 12.8 Å². The number of hydrogen-bond donors (Lipinski definition) is 2. The minimum atomic E-state index is -3.91. The van der Waals surface area contributed by atoms with E-state index in [0.717, 1.165) is 6.07 Å². The average molecular weight is 333 g/mol. The maximum Gasteiger partial charge on any atom is 0.262 e. The number of rotatable bonds is 5. The van der Waals surface area contributed by atoms with Gasteiger partial charge in [0.05, 0.1) is 21.8 Å². The molecule has 0 aliphatic heterocycles. The second kappa shape index (κ2) is 6.00. The molecule has 0 fully saturated rings. The van der Waals surface area contributed by atoms with Crippen molar-refractivity contribution in [2.75, 3.05) is 11.8 Å². The number of nitrogens with zero attached hydrogens (tertiary/aromatic N) is 2. The van der Waals surface area contributed by atoms with Crippen LogP contribution in [0.25, 0.3) is 0 Å². The molecule has 0 radical (unpaired) electrons. The summed E-state index contributed by atoms with van der Waals surface area (Å²) in [6.07, 6.45) is 2.86. The predicted octanol–water partition coefficient (Wildman–Crippen LogP) is 1.73. The molecule has 1 heterocycles. The van der Waals surface area contributed by atoms with Gasteiger partial charge in [0.1, 0.15) is 5.82 Å². The Morgan fingerprint density at radius 1 is 1.43 bits per heavy atom. The molecule has 0 spiro atoms.